The standard InChI is InChI=1S/C18H24N4O3/c1-11-14(12(2)25-22-11)10-19-17(24)20-15-9-7-6-8-13(15)16(23)21-18(3,4)5/h6-9H,10H2,1-5H3,(H,21,23)(H2,19,20,24). The van der Waals surface area contributed by atoms with Gasteiger partial charge in [-0.3, -0.25) is 4.79 Å². The number of hydrogen-bond donors (Lipinski definition) is 3. The summed E-state index contributed by atoms with van der Waals surface area (Å²) in [4.78, 5) is 24.6. The number of rotatable bonds is 4. The average Bonchev–Trinajstić information content (AvgIpc) is 2.82. The van der Waals surface area contributed by atoms with Crippen LogP contribution in [0.5, 0.6) is 0 Å². The molecule has 7 nitrogen and oxygen atoms in total. The van der Waals surface area contributed by atoms with Gasteiger partial charge in [0.2, 0.25) is 0 Å². The van der Waals surface area contributed by atoms with Gasteiger partial charge in [0.25, 0.3) is 5.91 Å². The van der Waals surface area contributed by atoms with E-state index >= 15 is 0 Å². The SMILES string of the molecule is Cc1noc(C)c1CNC(=O)Nc1ccccc1C(=O)NC(C)(C)C. The Labute approximate surface area is 147 Å². The molecule has 7 heteroatoms. The number of nitrogens with one attached hydrogen (secondary N) is 3. The first-order chi connectivity index (χ1) is 11.7. The number of hydrogen-bond acceptors (Lipinski definition) is 4. The van der Waals surface area contributed by atoms with E-state index in [1.165, 1.54) is 0 Å². The molecule has 0 bridgehead atoms. The molecule has 0 aliphatic rings. The minimum atomic E-state index is -0.406. The maximum Gasteiger partial charge on any atom is 0.319 e. The molecular formula is C18H24N4O3. The van der Waals surface area contributed by atoms with E-state index in [0.717, 1.165) is 11.3 Å². The van der Waals surface area contributed by atoms with Crippen molar-refractivity contribution in [1.29, 1.82) is 0 Å². The van der Waals surface area contributed by atoms with Crippen LogP contribution in [0.3, 0.4) is 0 Å². The van der Waals surface area contributed by atoms with Crippen LogP contribution < -0.4 is 16.0 Å². The molecule has 0 aliphatic heterocycles. The van der Waals surface area contributed by atoms with Gasteiger partial charge in [0.1, 0.15) is 5.76 Å². The number of para-hydroxylation sites is 1. The Hall–Kier alpha value is -2.83. The minimum Gasteiger partial charge on any atom is -0.361 e. The minimum absolute atomic E-state index is 0.242. The van der Waals surface area contributed by atoms with Gasteiger partial charge in [-0.15, -0.1) is 0 Å². The van der Waals surface area contributed by atoms with Gasteiger partial charge in [-0.2, -0.15) is 0 Å². The Morgan fingerprint density at radius 3 is 2.44 bits per heavy atom. The number of amides is 3. The second-order valence-electron chi connectivity index (χ2n) is 6.86. The predicted octanol–water partition coefficient (Wildman–Crippen LogP) is 3.14. The first kappa shape index (κ1) is 18.5. The Morgan fingerprint density at radius 2 is 1.84 bits per heavy atom. The Morgan fingerprint density at radius 1 is 1.16 bits per heavy atom. The van der Waals surface area contributed by atoms with E-state index in [9.17, 15) is 9.59 Å². The quantitative estimate of drug-likeness (QED) is 0.794. The highest BCUT2D eigenvalue weighted by atomic mass is 16.5. The maximum absolute atomic E-state index is 12.4. The molecule has 1 aromatic carbocycles. The van der Waals surface area contributed by atoms with Crippen LogP contribution in [0.25, 0.3) is 0 Å². The summed E-state index contributed by atoms with van der Waals surface area (Å²) in [6.45, 7) is 9.60. The number of aryl methyl sites for hydroxylation is 2. The summed E-state index contributed by atoms with van der Waals surface area (Å²) < 4.78 is 5.07. The van der Waals surface area contributed by atoms with Crippen LogP contribution in [0.2, 0.25) is 0 Å². The molecule has 0 saturated carbocycles. The summed E-state index contributed by atoms with van der Waals surface area (Å²) >= 11 is 0. The highest BCUT2D eigenvalue weighted by molar-refractivity contribution is 6.03. The van der Waals surface area contributed by atoms with Crippen molar-refractivity contribution in [2.24, 2.45) is 0 Å². The second-order valence-corrected chi connectivity index (χ2v) is 6.86. The molecule has 0 atom stereocenters. The summed E-state index contributed by atoms with van der Waals surface area (Å²) in [5.74, 6) is 0.428. The molecule has 1 heterocycles. The highest BCUT2D eigenvalue weighted by Gasteiger charge is 2.18. The number of carbonyl (C=O) groups is 2. The van der Waals surface area contributed by atoms with Crippen LogP contribution in [-0.2, 0) is 6.54 Å². The van der Waals surface area contributed by atoms with Gasteiger partial charge >= 0.3 is 6.03 Å². The van der Waals surface area contributed by atoms with Gasteiger partial charge in [-0.05, 0) is 46.8 Å². The van der Waals surface area contributed by atoms with Gasteiger partial charge in [0.05, 0.1) is 16.9 Å². The summed E-state index contributed by atoms with van der Waals surface area (Å²) in [5, 5.41) is 12.2. The molecule has 0 aliphatic carbocycles. The largest absolute Gasteiger partial charge is 0.361 e. The van der Waals surface area contributed by atoms with E-state index in [-0.39, 0.29) is 11.4 Å². The number of anilines is 1. The van der Waals surface area contributed by atoms with Crippen molar-refractivity contribution in [3.05, 3.63) is 46.8 Å². The summed E-state index contributed by atoms with van der Waals surface area (Å²) in [6, 6.07) is 6.47. The van der Waals surface area contributed by atoms with E-state index in [0.29, 0.717) is 23.6 Å². The molecule has 1 aromatic heterocycles. The topological polar surface area (TPSA) is 96.3 Å². The van der Waals surface area contributed by atoms with Crippen LogP contribution in [0, 0.1) is 13.8 Å². The molecule has 2 rings (SSSR count). The summed E-state index contributed by atoms with van der Waals surface area (Å²) in [5.41, 5.74) is 2.07. The van der Waals surface area contributed by atoms with Crippen LogP contribution >= 0.6 is 0 Å². The molecule has 25 heavy (non-hydrogen) atoms. The lowest BCUT2D eigenvalue weighted by Crippen LogP contribution is -2.41. The van der Waals surface area contributed by atoms with Gasteiger partial charge < -0.3 is 20.5 Å². The fourth-order valence-corrected chi connectivity index (χ4v) is 2.29. The van der Waals surface area contributed by atoms with Crippen molar-refractivity contribution >= 4 is 17.6 Å². The number of nitrogens with zero attached hydrogens (tertiary/aromatic N) is 1. The van der Waals surface area contributed by atoms with Crippen molar-refractivity contribution in [1.82, 2.24) is 15.8 Å². The van der Waals surface area contributed by atoms with Crippen molar-refractivity contribution in [3.8, 4) is 0 Å². The van der Waals surface area contributed by atoms with Crippen molar-refractivity contribution in [2.75, 3.05) is 5.32 Å². The van der Waals surface area contributed by atoms with Crippen molar-refractivity contribution in [3.63, 3.8) is 0 Å². The fraction of sp³-hybridized carbons (Fsp3) is 0.389. The van der Waals surface area contributed by atoms with E-state index in [2.05, 4.69) is 21.1 Å². The normalized spacial score (nSPS) is 11.1. The molecule has 0 unspecified atom stereocenters. The molecule has 0 fully saturated rings. The third kappa shape index (κ3) is 5.07. The lowest BCUT2D eigenvalue weighted by molar-refractivity contribution is 0.0920. The Balaban J connectivity index is 2.05. The number of benzene rings is 1. The Kier molecular flexibility index (Phi) is 5.46. The number of aromatic nitrogens is 1. The summed E-state index contributed by atoms with van der Waals surface area (Å²) in [7, 11) is 0. The van der Waals surface area contributed by atoms with Crippen LogP contribution in [0.1, 0.15) is 48.1 Å². The molecular weight excluding hydrogens is 320 g/mol. The molecule has 0 saturated heterocycles. The van der Waals surface area contributed by atoms with E-state index in [1.54, 1.807) is 31.2 Å². The Bertz CT molecular complexity index is 755. The zero-order chi connectivity index (χ0) is 18.6. The van der Waals surface area contributed by atoms with Crippen LogP contribution in [0.15, 0.2) is 28.8 Å². The van der Waals surface area contributed by atoms with Crippen molar-refractivity contribution in [2.45, 2.75) is 46.7 Å². The van der Waals surface area contributed by atoms with Crippen LogP contribution in [0.4, 0.5) is 10.5 Å². The second kappa shape index (κ2) is 7.38. The molecule has 0 spiro atoms. The van der Waals surface area contributed by atoms with Crippen LogP contribution in [-0.4, -0.2) is 22.6 Å². The van der Waals surface area contributed by atoms with Gasteiger partial charge in [0.15, 0.2) is 0 Å². The third-order valence-electron chi connectivity index (χ3n) is 3.52. The first-order valence-corrected chi connectivity index (χ1v) is 8.05. The molecule has 134 valence electrons. The monoisotopic (exact) mass is 344 g/mol. The van der Waals surface area contributed by atoms with Gasteiger partial charge in [-0.1, -0.05) is 17.3 Å². The molecule has 3 amide bonds. The van der Waals surface area contributed by atoms with E-state index in [4.69, 9.17) is 4.52 Å². The van der Waals surface area contributed by atoms with E-state index < -0.39 is 6.03 Å². The lowest BCUT2D eigenvalue weighted by atomic mass is 10.1. The molecule has 2 aromatic rings. The van der Waals surface area contributed by atoms with E-state index in [1.807, 2.05) is 27.7 Å². The first-order valence-electron chi connectivity index (χ1n) is 8.05. The van der Waals surface area contributed by atoms with Gasteiger partial charge in [-0.25, -0.2) is 4.79 Å². The number of urea groups is 1. The zero-order valence-corrected chi connectivity index (χ0v) is 15.2. The number of carbonyl (C=O) groups excluding carboxylic acids is 2. The smallest absolute Gasteiger partial charge is 0.319 e. The fourth-order valence-electron chi connectivity index (χ4n) is 2.29. The molecule has 0 radical (unpaired) electrons. The lowest BCUT2D eigenvalue weighted by Gasteiger charge is -2.21. The zero-order valence-electron chi connectivity index (χ0n) is 15.2. The summed E-state index contributed by atoms with van der Waals surface area (Å²) in [6.07, 6.45) is 0. The predicted molar refractivity (Wildman–Crippen MR) is 95.5 cm³/mol. The highest BCUT2D eigenvalue weighted by Crippen LogP contribution is 2.16. The maximum atomic E-state index is 12.4. The average molecular weight is 344 g/mol. The third-order valence-corrected chi connectivity index (χ3v) is 3.52. The van der Waals surface area contributed by atoms with Gasteiger partial charge in [0, 0.05) is 17.6 Å². The molecule has 3 N–H and O–H groups in total. The van der Waals surface area contributed by atoms with Crippen molar-refractivity contribution < 1.29 is 14.1 Å².